The fourth-order valence-electron chi connectivity index (χ4n) is 5.29. The van der Waals surface area contributed by atoms with Gasteiger partial charge in [-0.3, -0.25) is 4.79 Å². The van der Waals surface area contributed by atoms with Crippen molar-refractivity contribution in [2.75, 3.05) is 38.1 Å². The third-order valence-electron chi connectivity index (χ3n) is 7.17. The molecule has 2 aliphatic heterocycles. The number of rotatable bonds is 6. The van der Waals surface area contributed by atoms with Crippen molar-refractivity contribution in [3.8, 4) is 12.1 Å². The summed E-state index contributed by atoms with van der Waals surface area (Å²) in [6.45, 7) is 5.84. The van der Waals surface area contributed by atoms with Crippen LogP contribution in [0.4, 0.5) is 5.82 Å². The van der Waals surface area contributed by atoms with Gasteiger partial charge >= 0.3 is 0 Å². The van der Waals surface area contributed by atoms with E-state index in [2.05, 4.69) is 29.0 Å². The van der Waals surface area contributed by atoms with E-state index in [1.54, 1.807) is 0 Å². The van der Waals surface area contributed by atoms with E-state index in [1.165, 1.54) is 18.2 Å². The van der Waals surface area contributed by atoms with Crippen LogP contribution in [0.2, 0.25) is 0 Å². The Balaban J connectivity index is 1.72. The van der Waals surface area contributed by atoms with Crippen LogP contribution >= 0.6 is 11.8 Å². The van der Waals surface area contributed by atoms with Crippen LogP contribution in [0.25, 0.3) is 0 Å². The highest BCUT2D eigenvalue weighted by Crippen LogP contribution is 2.43. The molecule has 0 radical (unpaired) electrons. The molecule has 1 spiro atoms. The molecule has 1 aromatic heterocycles. The highest BCUT2D eigenvalue weighted by molar-refractivity contribution is 8.00. The van der Waals surface area contributed by atoms with Gasteiger partial charge in [0.1, 0.15) is 28.2 Å². The van der Waals surface area contributed by atoms with Crippen LogP contribution in [0.15, 0.2) is 35.4 Å². The van der Waals surface area contributed by atoms with Crippen molar-refractivity contribution in [2.45, 2.75) is 42.9 Å². The lowest BCUT2D eigenvalue weighted by Gasteiger charge is -2.40. The summed E-state index contributed by atoms with van der Waals surface area (Å²) in [5.41, 5.74) is 8.39. The number of likely N-dealkylation sites (tertiary alicyclic amines) is 1. The number of pyridine rings is 1. The quantitative estimate of drug-likeness (QED) is 0.637. The van der Waals surface area contributed by atoms with E-state index in [0.29, 0.717) is 39.4 Å². The van der Waals surface area contributed by atoms with Crippen LogP contribution in [-0.2, 0) is 11.2 Å². The number of hydrogen-bond acceptors (Lipinski definition) is 7. The van der Waals surface area contributed by atoms with Crippen LogP contribution in [0.1, 0.15) is 53.7 Å². The fraction of sp³-hybridized carbons (Fsp3) is 0.462. The van der Waals surface area contributed by atoms with Crippen molar-refractivity contribution in [1.29, 1.82) is 10.5 Å². The first kappa shape index (κ1) is 24.1. The summed E-state index contributed by atoms with van der Waals surface area (Å²) in [6.07, 6.45) is 3.86. The summed E-state index contributed by atoms with van der Waals surface area (Å²) in [5.74, 6) is 0.134. The Hall–Kier alpha value is -3.07. The number of piperidine rings is 1. The van der Waals surface area contributed by atoms with Crippen LogP contribution < -0.4 is 10.6 Å². The summed E-state index contributed by atoms with van der Waals surface area (Å²) < 4.78 is 0. The number of amides is 1. The molecule has 2 aliphatic rings. The van der Waals surface area contributed by atoms with Gasteiger partial charge in [0.25, 0.3) is 0 Å². The number of carbonyl (C=O) groups excluding carboxylic acids is 1. The Kier molecular flexibility index (Phi) is 7.11. The van der Waals surface area contributed by atoms with E-state index in [1.807, 2.05) is 37.3 Å². The Morgan fingerprint density at radius 2 is 1.79 bits per heavy atom. The monoisotopic (exact) mass is 474 g/mol. The summed E-state index contributed by atoms with van der Waals surface area (Å²) in [4.78, 5) is 21.8. The second-order valence-electron chi connectivity index (χ2n) is 9.33. The number of nitrogens with two attached hydrogens (primary N) is 1. The molecule has 2 N–H and O–H groups in total. The minimum Gasteiger partial charge on any atom is -0.368 e. The van der Waals surface area contributed by atoms with Gasteiger partial charge in [0.05, 0.1) is 11.1 Å². The van der Waals surface area contributed by atoms with Gasteiger partial charge < -0.3 is 15.5 Å². The van der Waals surface area contributed by atoms with Crippen molar-refractivity contribution in [3.63, 3.8) is 0 Å². The van der Waals surface area contributed by atoms with Gasteiger partial charge in [-0.15, -0.1) is 0 Å². The minimum atomic E-state index is -0.676. The summed E-state index contributed by atoms with van der Waals surface area (Å²) in [7, 11) is 2.18. The number of aromatic nitrogens is 1. The number of thioether (sulfide) groups is 1. The van der Waals surface area contributed by atoms with Gasteiger partial charge in [-0.2, -0.15) is 10.5 Å². The third-order valence-corrected chi connectivity index (χ3v) is 8.43. The van der Waals surface area contributed by atoms with Crippen LogP contribution in [-0.4, -0.2) is 49.0 Å². The minimum absolute atomic E-state index is 0.347. The molecule has 1 aromatic carbocycles. The van der Waals surface area contributed by atoms with Gasteiger partial charge in [0, 0.05) is 19.6 Å². The molecule has 2 fully saturated rings. The smallest absolute Gasteiger partial charge is 0.235 e. The molecule has 0 saturated carbocycles. The van der Waals surface area contributed by atoms with Crippen molar-refractivity contribution in [2.24, 2.45) is 11.1 Å². The van der Waals surface area contributed by atoms with Gasteiger partial charge in [-0.1, -0.05) is 49.0 Å². The molecular formula is C26H30N6OS. The first-order chi connectivity index (χ1) is 16.4. The van der Waals surface area contributed by atoms with Crippen molar-refractivity contribution in [1.82, 2.24) is 9.88 Å². The van der Waals surface area contributed by atoms with Crippen LogP contribution in [0, 0.1) is 28.1 Å². The Bertz CT molecular complexity index is 1140. The lowest BCUT2D eigenvalue weighted by Crippen LogP contribution is -2.42. The number of primary amides is 1. The van der Waals surface area contributed by atoms with E-state index in [9.17, 15) is 15.3 Å². The zero-order valence-corrected chi connectivity index (χ0v) is 20.6. The predicted octanol–water partition coefficient (Wildman–Crippen LogP) is 3.63. The second-order valence-corrected chi connectivity index (χ2v) is 10.4. The van der Waals surface area contributed by atoms with Crippen molar-refractivity contribution >= 4 is 23.5 Å². The number of nitrogens with zero attached hydrogens (tertiary/aromatic N) is 5. The first-order valence-corrected chi connectivity index (χ1v) is 12.6. The predicted molar refractivity (Wildman–Crippen MR) is 133 cm³/mol. The molecule has 2 saturated heterocycles. The van der Waals surface area contributed by atoms with Crippen molar-refractivity contribution in [3.05, 3.63) is 52.6 Å². The summed E-state index contributed by atoms with van der Waals surface area (Å²) in [5, 5.41) is 19.8. The van der Waals surface area contributed by atoms with Gasteiger partial charge in [0.2, 0.25) is 5.91 Å². The molecule has 3 heterocycles. The van der Waals surface area contributed by atoms with Gasteiger partial charge in [-0.25, -0.2) is 4.98 Å². The van der Waals surface area contributed by atoms with E-state index in [4.69, 9.17) is 10.7 Å². The van der Waals surface area contributed by atoms with E-state index < -0.39 is 11.2 Å². The molecule has 1 amide bonds. The number of anilines is 1. The average Bonchev–Trinajstić information content (AvgIpc) is 3.21. The third kappa shape index (κ3) is 4.61. The molecule has 4 rings (SSSR count). The number of nitriles is 2. The number of benzene rings is 1. The van der Waals surface area contributed by atoms with Gasteiger partial charge in [-0.05, 0) is 55.8 Å². The summed E-state index contributed by atoms with van der Waals surface area (Å²) >= 11 is 1.20. The summed E-state index contributed by atoms with van der Waals surface area (Å²) in [6, 6.07) is 13.9. The highest BCUT2D eigenvalue weighted by Gasteiger charge is 2.40. The largest absolute Gasteiger partial charge is 0.368 e. The number of carbonyl (C=O) groups is 1. The lowest BCUT2D eigenvalue weighted by atomic mass is 9.77. The van der Waals surface area contributed by atoms with Gasteiger partial charge in [0.15, 0.2) is 0 Å². The maximum atomic E-state index is 12.4. The first-order valence-electron chi connectivity index (χ1n) is 11.7. The molecule has 1 unspecified atom stereocenters. The molecular weight excluding hydrogens is 444 g/mol. The second kappa shape index (κ2) is 10.0. The van der Waals surface area contributed by atoms with E-state index in [0.717, 1.165) is 44.6 Å². The highest BCUT2D eigenvalue weighted by atomic mass is 32.2. The maximum Gasteiger partial charge on any atom is 0.235 e. The molecule has 1 atom stereocenters. The molecule has 0 bridgehead atoms. The topological polar surface area (TPSA) is 110 Å². The van der Waals surface area contributed by atoms with Crippen molar-refractivity contribution < 1.29 is 4.79 Å². The standard InChI is InChI=1S/C26H30N6OS/c1-3-19-20(15-27)24(32-13-10-26(11-14-32)9-12-31(2)17-26)30-25(21(19)16-28)34-22(23(29)33)18-7-5-4-6-8-18/h4-8,22H,3,9-14,17H2,1-2H3,(H2,29,33). The Labute approximate surface area is 205 Å². The Morgan fingerprint density at radius 1 is 1.15 bits per heavy atom. The SMILES string of the molecule is CCc1c(C#N)c(SC(C(N)=O)c2ccccc2)nc(N2CCC3(CCN(C)C3)CC2)c1C#N. The van der Waals surface area contributed by atoms with Crippen LogP contribution in [0.3, 0.4) is 0 Å². The normalized spacial score (nSPS) is 18.4. The molecule has 2 aromatic rings. The molecule has 34 heavy (non-hydrogen) atoms. The van der Waals surface area contributed by atoms with Crippen LogP contribution in [0.5, 0.6) is 0 Å². The molecule has 8 heteroatoms. The molecule has 7 nitrogen and oxygen atoms in total. The zero-order valence-electron chi connectivity index (χ0n) is 19.8. The van der Waals surface area contributed by atoms with E-state index >= 15 is 0 Å². The fourth-order valence-corrected chi connectivity index (χ4v) is 6.35. The Morgan fingerprint density at radius 3 is 2.32 bits per heavy atom. The number of hydrogen-bond donors (Lipinski definition) is 1. The zero-order chi connectivity index (χ0) is 24.3. The lowest BCUT2D eigenvalue weighted by molar-refractivity contribution is -0.117. The molecule has 0 aliphatic carbocycles. The average molecular weight is 475 g/mol. The maximum absolute atomic E-state index is 12.4. The van der Waals surface area contributed by atoms with E-state index in [-0.39, 0.29) is 0 Å². The molecule has 176 valence electrons.